The van der Waals surface area contributed by atoms with E-state index in [0.717, 1.165) is 12.8 Å². The van der Waals surface area contributed by atoms with Crippen molar-refractivity contribution in [2.75, 3.05) is 19.9 Å². The zero-order chi connectivity index (χ0) is 13.9. The molecule has 1 saturated carbocycles. The van der Waals surface area contributed by atoms with Gasteiger partial charge in [0.15, 0.2) is 11.5 Å². The minimum absolute atomic E-state index is 0.0152. The van der Waals surface area contributed by atoms with Crippen LogP contribution in [0.5, 0.6) is 11.5 Å². The van der Waals surface area contributed by atoms with Gasteiger partial charge in [-0.15, -0.1) is 0 Å². The van der Waals surface area contributed by atoms with Gasteiger partial charge < -0.3 is 19.5 Å². The van der Waals surface area contributed by atoms with Crippen LogP contribution in [0.15, 0.2) is 18.2 Å². The van der Waals surface area contributed by atoms with Gasteiger partial charge in [-0.2, -0.15) is 0 Å². The van der Waals surface area contributed by atoms with E-state index in [1.807, 2.05) is 4.90 Å². The summed E-state index contributed by atoms with van der Waals surface area (Å²) in [6.07, 6.45) is 3.91. The number of ether oxygens (including phenoxy) is 2. The number of hydrogen-bond acceptors (Lipinski definition) is 4. The van der Waals surface area contributed by atoms with Crippen LogP contribution in [0, 0.1) is 0 Å². The Morgan fingerprint density at radius 1 is 1.30 bits per heavy atom. The van der Waals surface area contributed by atoms with Crippen LogP contribution in [0.4, 0.5) is 0 Å². The van der Waals surface area contributed by atoms with Gasteiger partial charge in [-0.1, -0.05) is 0 Å². The van der Waals surface area contributed by atoms with E-state index in [2.05, 4.69) is 0 Å². The van der Waals surface area contributed by atoms with Gasteiger partial charge in [0, 0.05) is 24.8 Å². The Hall–Kier alpha value is -1.75. The van der Waals surface area contributed by atoms with Crippen molar-refractivity contribution in [1.29, 1.82) is 0 Å². The molecular weight excluding hydrogens is 258 g/mol. The molecule has 1 aromatic rings. The molecule has 1 amide bonds. The lowest BCUT2D eigenvalue weighted by Gasteiger charge is -2.37. The number of aliphatic hydroxyl groups excluding tert-OH is 1. The smallest absolute Gasteiger partial charge is 0.254 e. The molecule has 1 aromatic carbocycles. The lowest BCUT2D eigenvalue weighted by atomic mass is 9.90. The predicted octanol–water partition coefficient (Wildman–Crippen LogP) is 1.79. The lowest BCUT2D eigenvalue weighted by molar-refractivity contribution is 0.0562. The van der Waals surface area contributed by atoms with E-state index in [4.69, 9.17) is 14.6 Å². The average molecular weight is 277 g/mol. The molecular formula is C15H19NO4. The molecule has 1 aliphatic carbocycles. The molecule has 2 aliphatic rings. The molecule has 20 heavy (non-hydrogen) atoms. The standard InChI is InChI=1S/C15H19NO4/c17-8-2-7-16(12-3-1-4-12)15(18)11-5-6-13-14(9-11)20-10-19-13/h5-6,9,12,17H,1-4,7-8,10H2. The zero-order valence-electron chi connectivity index (χ0n) is 11.4. The highest BCUT2D eigenvalue weighted by molar-refractivity contribution is 5.95. The maximum atomic E-state index is 12.6. The molecule has 0 saturated heterocycles. The summed E-state index contributed by atoms with van der Waals surface area (Å²) < 4.78 is 10.6. The van der Waals surface area contributed by atoms with Gasteiger partial charge in [-0.05, 0) is 43.9 Å². The number of amides is 1. The highest BCUT2D eigenvalue weighted by Gasteiger charge is 2.29. The molecule has 1 heterocycles. The van der Waals surface area contributed by atoms with Crippen LogP contribution in [-0.4, -0.2) is 41.9 Å². The summed E-state index contributed by atoms with van der Waals surface area (Å²) in [6.45, 7) is 0.926. The molecule has 1 aliphatic heterocycles. The molecule has 5 heteroatoms. The molecule has 0 unspecified atom stereocenters. The van der Waals surface area contributed by atoms with Gasteiger partial charge in [0.25, 0.3) is 5.91 Å². The molecule has 0 radical (unpaired) electrons. The van der Waals surface area contributed by atoms with Crippen molar-refractivity contribution in [1.82, 2.24) is 4.90 Å². The number of rotatable bonds is 5. The van der Waals surface area contributed by atoms with Crippen LogP contribution in [0.2, 0.25) is 0 Å². The van der Waals surface area contributed by atoms with Crippen molar-refractivity contribution in [3.63, 3.8) is 0 Å². The van der Waals surface area contributed by atoms with Crippen molar-refractivity contribution in [2.24, 2.45) is 0 Å². The average Bonchev–Trinajstić information content (AvgIpc) is 2.87. The monoisotopic (exact) mass is 277 g/mol. The second-order valence-electron chi connectivity index (χ2n) is 5.23. The van der Waals surface area contributed by atoms with Gasteiger partial charge in [0.2, 0.25) is 6.79 Å². The molecule has 1 fully saturated rings. The van der Waals surface area contributed by atoms with Crippen LogP contribution in [0.25, 0.3) is 0 Å². The molecule has 0 atom stereocenters. The number of benzene rings is 1. The number of aliphatic hydroxyl groups is 1. The fourth-order valence-corrected chi connectivity index (χ4v) is 2.58. The molecule has 0 bridgehead atoms. The summed E-state index contributed by atoms with van der Waals surface area (Å²) in [6, 6.07) is 5.62. The third kappa shape index (κ3) is 2.45. The minimum Gasteiger partial charge on any atom is -0.454 e. The first-order valence-electron chi connectivity index (χ1n) is 7.11. The lowest BCUT2D eigenvalue weighted by Crippen LogP contribution is -2.44. The normalized spacial score (nSPS) is 16.9. The second kappa shape index (κ2) is 5.71. The van der Waals surface area contributed by atoms with Crippen molar-refractivity contribution >= 4 is 5.91 Å². The Balaban J connectivity index is 1.77. The highest BCUT2D eigenvalue weighted by atomic mass is 16.7. The molecule has 108 valence electrons. The van der Waals surface area contributed by atoms with E-state index in [0.29, 0.717) is 36.1 Å². The summed E-state index contributed by atoms with van der Waals surface area (Å²) in [5.41, 5.74) is 0.624. The molecule has 0 spiro atoms. The Bertz CT molecular complexity index is 499. The van der Waals surface area contributed by atoms with Crippen LogP contribution in [0.1, 0.15) is 36.0 Å². The van der Waals surface area contributed by atoms with Crippen LogP contribution in [-0.2, 0) is 0 Å². The SMILES string of the molecule is O=C(c1ccc2c(c1)OCO2)N(CCCO)C1CCC1. The Morgan fingerprint density at radius 3 is 2.80 bits per heavy atom. The number of carbonyl (C=O) groups is 1. The van der Waals surface area contributed by atoms with E-state index in [1.54, 1.807) is 18.2 Å². The topological polar surface area (TPSA) is 59.0 Å². The fourth-order valence-electron chi connectivity index (χ4n) is 2.58. The highest BCUT2D eigenvalue weighted by Crippen LogP contribution is 2.34. The van der Waals surface area contributed by atoms with E-state index in [-0.39, 0.29) is 19.3 Å². The first-order valence-corrected chi connectivity index (χ1v) is 7.11. The van der Waals surface area contributed by atoms with Crippen LogP contribution >= 0.6 is 0 Å². The number of hydrogen-bond donors (Lipinski definition) is 1. The van der Waals surface area contributed by atoms with Crippen LogP contribution in [0.3, 0.4) is 0 Å². The van der Waals surface area contributed by atoms with Crippen molar-refractivity contribution < 1.29 is 19.4 Å². The van der Waals surface area contributed by atoms with Gasteiger partial charge >= 0.3 is 0 Å². The van der Waals surface area contributed by atoms with E-state index >= 15 is 0 Å². The zero-order valence-corrected chi connectivity index (χ0v) is 11.4. The largest absolute Gasteiger partial charge is 0.454 e. The summed E-state index contributed by atoms with van der Waals surface area (Å²) in [4.78, 5) is 14.5. The van der Waals surface area contributed by atoms with E-state index in [9.17, 15) is 4.79 Å². The van der Waals surface area contributed by atoms with Crippen molar-refractivity contribution in [3.8, 4) is 11.5 Å². The van der Waals surface area contributed by atoms with Gasteiger partial charge in [-0.3, -0.25) is 4.79 Å². The minimum atomic E-state index is 0.0152. The van der Waals surface area contributed by atoms with Gasteiger partial charge in [0.1, 0.15) is 0 Å². The first kappa shape index (κ1) is 13.2. The second-order valence-corrected chi connectivity index (χ2v) is 5.23. The quantitative estimate of drug-likeness (QED) is 0.891. The van der Waals surface area contributed by atoms with E-state index < -0.39 is 0 Å². The number of carbonyl (C=O) groups excluding carboxylic acids is 1. The summed E-state index contributed by atoms with van der Waals surface area (Å²) >= 11 is 0. The predicted molar refractivity (Wildman–Crippen MR) is 72.9 cm³/mol. The third-order valence-electron chi connectivity index (χ3n) is 3.95. The fraction of sp³-hybridized carbons (Fsp3) is 0.533. The Labute approximate surface area is 118 Å². The summed E-state index contributed by atoms with van der Waals surface area (Å²) in [7, 11) is 0. The Kier molecular flexibility index (Phi) is 3.78. The maximum absolute atomic E-state index is 12.6. The van der Waals surface area contributed by atoms with Gasteiger partial charge in [0.05, 0.1) is 0 Å². The molecule has 0 aromatic heterocycles. The van der Waals surface area contributed by atoms with Crippen molar-refractivity contribution in [3.05, 3.63) is 23.8 Å². The first-order chi connectivity index (χ1) is 9.79. The van der Waals surface area contributed by atoms with Crippen molar-refractivity contribution in [2.45, 2.75) is 31.7 Å². The number of nitrogens with zero attached hydrogens (tertiary/aromatic N) is 1. The Morgan fingerprint density at radius 2 is 2.10 bits per heavy atom. The summed E-state index contributed by atoms with van der Waals surface area (Å²) in [5.74, 6) is 1.33. The van der Waals surface area contributed by atoms with E-state index in [1.165, 1.54) is 6.42 Å². The summed E-state index contributed by atoms with van der Waals surface area (Å²) in [5, 5.41) is 8.99. The number of fused-ring (bicyclic) bond motifs is 1. The molecule has 5 nitrogen and oxygen atoms in total. The van der Waals surface area contributed by atoms with Gasteiger partial charge in [-0.25, -0.2) is 0 Å². The molecule has 1 N–H and O–H groups in total. The third-order valence-corrected chi connectivity index (χ3v) is 3.95. The van der Waals surface area contributed by atoms with Crippen LogP contribution < -0.4 is 9.47 Å². The molecule has 3 rings (SSSR count). The maximum Gasteiger partial charge on any atom is 0.254 e.